The van der Waals surface area contributed by atoms with Gasteiger partial charge >= 0.3 is 0 Å². The van der Waals surface area contributed by atoms with E-state index in [9.17, 15) is 5.11 Å². The summed E-state index contributed by atoms with van der Waals surface area (Å²) in [5.74, 6) is 0. The molecule has 1 atom stereocenters. The van der Waals surface area contributed by atoms with Gasteiger partial charge in [0.15, 0.2) is 0 Å². The first-order valence-corrected chi connectivity index (χ1v) is 6.51. The van der Waals surface area contributed by atoms with Crippen LogP contribution in [0.4, 0.5) is 0 Å². The Balaban J connectivity index is 2.19. The minimum atomic E-state index is -0.108. The summed E-state index contributed by atoms with van der Waals surface area (Å²) in [7, 11) is 0. The van der Waals surface area contributed by atoms with Crippen LogP contribution in [0.5, 0.6) is 0 Å². The third-order valence-electron chi connectivity index (χ3n) is 4.68. The Hall–Kier alpha value is -0.820. The van der Waals surface area contributed by atoms with Crippen LogP contribution in [0.2, 0.25) is 0 Å². The van der Waals surface area contributed by atoms with Crippen molar-refractivity contribution in [3.05, 3.63) is 34.9 Å². The van der Waals surface area contributed by atoms with Crippen LogP contribution in [-0.2, 0) is 11.8 Å². The fourth-order valence-corrected chi connectivity index (χ4v) is 3.97. The minimum absolute atomic E-state index is 0.108. The molecule has 1 saturated carbocycles. The van der Waals surface area contributed by atoms with E-state index in [1.165, 1.54) is 42.4 Å². The van der Waals surface area contributed by atoms with Gasteiger partial charge in [-0.25, -0.2) is 0 Å². The van der Waals surface area contributed by atoms with Crippen LogP contribution in [0.15, 0.2) is 18.2 Å². The van der Waals surface area contributed by atoms with Gasteiger partial charge in [-0.1, -0.05) is 31.0 Å². The Morgan fingerprint density at radius 2 is 2.00 bits per heavy atom. The Morgan fingerprint density at radius 1 is 1.25 bits per heavy atom. The topological polar surface area (TPSA) is 20.2 Å². The van der Waals surface area contributed by atoms with Gasteiger partial charge in [-0.05, 0) is 49.3 Å². The number of hydrogen-bond acceptors (Lipinski definition) is 1. The molecule has 1 unspecified atom stereocenters. The largest absolute Gasteiger partial charge is 0.392 e. The summed E-state index contributed by atoms with van der Waals surface area (Å²) in [5, 5.41) is 10.4. The second-order valence-electron chi connectivity index (χ2n) is 5.53. The lowest BCUT2D eigenvalue weighted by Gasteiger charge is -2.41. The van der Waals surface area contributed by atoms with Crippen molar-refractivity contribution in [2.75, 3.05) is 0 Å². The van der Waals surface area contributed by atoms with Gasteiger partial charge in [0.2, 0.25) is 0 Å². The molecule has 0 radical (unpaired) electrons. The highest BCUT2D eigenvalue weighted by Crippen LogP contribution is 2.49. The monoisotopic (exact) mass is 216 g/mol. The van der Waals surface area contributed by atoms with Gasteiger partial charge in [0.1, 0.15) is 0 Å². The molecule has 0 saturated heterocycles. The van der Waals surface area contributed by atoms with Crippen molar-refractivity contribution in [3.8, 4) is 0 Å². The second-order valence-corrected chi connectivity index (χ2v) is 5.53. The molecule has 1 N–H and O–H groups in total. The minimum Gasteiger partial charge on any atom is -0.392 e. The average Bonchev–Trinajstić information content (AvgIpc) is 2.74. The number of aliphatic hydroxyl groups excluding tert-OH is 1. The Labute approximate surface area is 97.5 Å². The molecule has 86 valence electrons. The van der Waals surface area contributed by atoms with Crippen molar-refractivity contribution in [2.24, 2.45) is 0 Å². The Morgan fingerprint density at radius 3 is 2.75 bits per heavy atom. The van der Waals surface area contributed by atoms with E-state index in [0.29, 0.717) is 0 Å². The Bertz CT molecular complexity index is 402. The molecule has 1 fully saturated rings. The van der Waals surface area contributed by atoms with E-state index in [2.05, 4.69) is 25.1 Å². The molecule has 2 aliphatic carbocycles. The van der Waals surface area contributed by atoms with Gasteiger partial charge in [-0.2, -0.15) is 0 Å². The first-order valence-electron chi connectivity index (χ1n) is 6.51. The third-order valence-corrected chi connectivity index (χ3v) is 4.68. The molecule has 0 bridgehead atoms. The van der Waals surface area contributed by atoms with Crippen LogP contribution in [-0.4, -0.2) is 11.2 Å². The number of benzene rings is 1. The van der Waals surface area contributed by atoms with E-state index in [4.69, 9.17) is 0 Å². The van der Waals surface area contributed by atoms with Crippen LogP contribution in [0.1, 0.15) is 48.8 Å². The summed E-state index contributed by atoms with van der Waals surface area (Å²) in [6, 6.07) is 6.62. The molecule has 1 heteroatoms. The third kappa shape index (κ3) is 1.27. The highest BCUT2D eigenvalue weighted by molar-refractivity contribution is 5.44. The molecular weight excluding hydrogens is 196 g/mol. The normalized spacial score (nSPS) is 27.0. The number of hydrogen-bond donors (Lipinski definition) is 1. The van der Waals surface area contributed by atoms with Crippen molar-refractivity contribution < 1.29 is 5.11 Å². The fraction of sp³-hybridized carbons (Fsp3) is 0.600. The standard InChI is InChI=1S/C15H20O/c1-11-5-4-6-12-7-8-13(16)15(14(11)12)9-2-3-10-15/h4-6,13,16H,2-3,7-10H2,1H3. The lowest BCUT2D eigenvalue weighted by molar-refractivity contribution is 0.0657. The van der Waals surface area contributed by atoms with Gasteiger partial charge in [0.05, 0.1) is 6.10 Å². The molecule has 3 rings (SSSR count). The molecular formula is C15H20O. The van der Waals surface area contributed by atoms with Gasteiger partial charge in [-0.3, -0.25) is 0 Å². The smallest absolute Gasteiger partial charge is 0.0640 e. The summed E-state index contributed by atoms with van der Waals surface area (Å²) >= 11 is 0. The molecule has 16 heavy (non-hydrogen) atoms. The summed E-state index contributed by atoms with van der Waals surface area (Å²) < 4.78 is 0. The zero-order valence-corrected chi connectivity index (χ0v) is 10.00. The fourth-order valence-electron chi connectivity index (χ4n) is 3.97. The van der Waals surface area contributed by atoms with Crippen molar-refractivity contribution in [3.63, 3.8) is 0 Å². The van der Waals surface area contributed by atoms with Crippen molar-refractivity contribution in [1.82, 2.24) is 0 Å². The van der Waals surface area contributed by atoms with Crippen molar-refractivity contribution in [2.45, 2.75) is 57.0 Å². The molecule has 2 aliphatic rings. The summed E-state index contributed by atoms with van der Waals surface area (Å²) in [6.07, 6.45) is 6.84. The lowest BCUT2D eigenvalue weighted by Crippen LogP contribution is -2.42. The van der Waals surface area contributed by atoms with Crippen LogP contribution in [0, 0.1) is 6.92 Å². The highest BCUT2D eigenvalue weighted by Gasteiger charge is 2.45. The quantitative estimate of drug-likeness (QED) is 0.706. The van der Waals surface area contributed by atoms with Gasteiger partial charge < -0.3 is 5.11 Å². The lowest BCUT2D eigenvalue weighted by atomic mass is 9.65. The molecule has 1 aromatic carbocycles. The molecule has 1 spiro atoms. The molecule has 0 aromatic heterocycles. The van der Waals surface area contributed by atoms with Crippen molar-refractivity contribution >= 4 is 0 Å². The van der Waals surface area contributed by atoms with Gasteiger partial charge in [0, 0.05) is 5.41 Å². The molecule has 1 nitrogen and oxygen atoms in total. The van der Waals surface area contributed by atoms with Gasteiger partial charge in [-0.15, -0.1) is 0 Å². The molecule has 1 aromatic rings. The van der Waals surface area contributed by atoms with Crippen LogP contribution >= 0.6 is 0 Å². The van der Waals surface area contributed by atoms with E-state index < -0.39 is 0 Å². The molecule has 0 heterocycles. The maximum Gasteiger partial charge on any atom is 0.0640 e. The molecule has 0 aliphatic heterocycles. The maximum absolute atomic E-state index is 10.4. The number of aliphatic hydroxyl groups is 1. The zero-order valence-electron chi connectivity index (χ0n) is 10.00. The summed E-state index contributed by atoms with van der Waals surface area (Å²) in [6.45, 7) is 2.21. The summed E-state index contributed by atoms with van der Waals surface area (Å²) in [4.78, 5) is 0. The summed E-state index contributed by atoms with van der Waals surface area (Å²) in [5.41, 5.74) is 4.48. The maximum atomic E-state index is 10.4. The SMILES string of the molecule is Cc1cccc2c1C1(CCCC1)C(O)CC2. The molecule has 0 amide bonds. The number of aryl methyl sites for hydroxylation is 2. The van der Waals surface area contributed by atoms with E-state index in [1.807, 2.05) is 0 Å². The van der Waals surface area contributed by atoms with E-state index >= 15 is 0 Å². The first-order chi connectivity index (χ1) is 7.74. The van der Waals surface area contributed by atoms with Crippen molar-refractivity contribution in [1.29, 1.82) is 0 Å². The highest BCUT2D eigenvalue weighted by atomic mass is 16.3. The predicted octanol–water partition coefficient (Wildman–Crippen LogP) is 3.11. The van der Waals surface area contributed by atoms with E-state index in [0.717, 1.165) is 12.8 Å². The zero-order chi connectivity index (χ0) is 11.2. The van der Waals surface area contributed by atoms with Gasteiger partial charge in [0.25, 0.3) is 0 Å². The van der Waals surface area contributed by atoms with E-state index in [1.54, 1.807) is 0 Å². The second kappa shape index (κ2) is 3.59. The predicted molar refractivity (Wildman–Crippen MR) is 65.7 cm³/mol. The van der Waals surface area contributed by atoms with Crippen LogP contribution < -0.4 is 0 Å². The average molecular weight is 216 g/mol. The van der Waals surface area contributed by atoms with E-state index in [-0.39, 0.29) is 11.5 Å². The first kappa shape index (κ1) is 10.3. The number of rotatable bonds is 0. The Kier molecular flexibility index (Phi) is 2.32. The van der Waals surface area contributed by atoms with Crippen LogP contribution in [0.3, 0.4) is 0 Å². The number of fused-ring (bicyclic) bond motifs is 2. The van der Waals surface area contributed by atoms with Crippen LogP contribution in [0.25, 0.3) is 0 Å².